The van der Waals surface area contributed by atoms with E-state index in [1.807, 2.05) is 0 Å². The van der Waals surface area contributed by atoms with Crippen molar-refractivity contribution in [3.8, 4) is 5.75 Å². The van der Waals surface area contributed by atoms with Crippen LogP contribution in [-0.4, -0.2) is 35.3 Å². The number of likely N-dealkylation sites (tertiary alicyclic amines) is 1. The van der Waals surface area contributed by atoms with Crippen LogP contribution < -0.4 is 4.74 Å². The molecular weight excluding hydrogens is 395 g/mol. The molecule has 2 aromatic carbocycles. The van der Waals surface area contributed by atoms with E-state index in [0.29, 0.717) is 29.2 Å². The molecule has 28 heavy (non-hydrogen) atoms. The zero-order chi connectivity index (χ0) is 20.1. The number of rotatable bonds is 1. The minimum Gasteiger partial charge on any atom is -0.486 e. The molecule has 0 unspecified atom stereocenters. The SMILES string of the molecule is O=C1CC2(CCN(C(=O)c3ccc(F)c(F)c3F)CC2)Oc2ccc(Cl)cc21. The highest BCUT2D eigenvalue weighted by molar-refractivity contribution is 6.31. The third kappa shape index (κ3) is 3.13. The van der Waals surface area contributed by atoms with Gasteiger partial charge in [0.05, 0.1) is 17.5 Å². The predicted octanol–water partition coefficient (Wildman–Crippen LogP) is 4.40. The lowest BCUT2D eigenvalue weighted by molar-refractivity contribution is -0.00582. The molecule has 8 heteroatoms. The molecule has 2 aromatic rings. The summed E-state index contributed by atoms with van der Waals surface area (Å²) >= 11 is 5.93. The third-order valence-electron chi connectivity index (χ3n) is 5.28. The van der Waals surface area contributed by atoms with E-state index in [4.69, 9.17) is 16.3 Å². The van der Waals surface area contributed by atoms with E-state index in [1.54, 1.807) is 18.2 Å². The van der Waals surface area contributed by atoms with Crippen molar-refractivity contribution in [3.63, 3.8) is 0 Å². The molecule has 2 aliphatic rings. The van der Waals surface area contributed by atoms with E-state index in [-0.39, 0.29) is 25.3 Å². The Bertz CT molecular complexity index is 987. The fourth-order valence-corrected chi connectivity index (χ4v) is 3.90. The molecule has 1 saturated heterocycles. The summed E-state index contributed by atoms with van der Waals surface area (Å²) in [6, 6.07) is 6.50. The Morgan fingerprint density at radius 1 is 1.07 bits per heavy atom. The first-order valence-electron chi connectivity index (χ1n) is 8.74. The van der Waals surface area contributed by atoms with Crippen molar-refractivity contribution in [2.75, 3.05) is 13.1 Å². The van der Waals surface area contributed by atoms with Crippen molar-refractivity contribution < 1.29 is 27.5 Å². The highest BCUT2D eigenvalue weighted by Crippen LogP contribution is 2.40. The van der Waals surface area contributed by atoms with Crippen LogP contribution in [0.1, 0.15) is 40.0 Å². The number of carbonyl (C=O) groups excluding carboxylic acids is 2. The van der Waals surface area contributed by atoms with Gasteiger partial charge in [0.1, 0.15) is 11.4 Å². The third-order valence-corrected chi connectivity index (χ3v) is 5.51. The Labute approximate surface area is 163 Å². The van der Waals surface area contributed by atoms with Gasteiger partial charge in [-0.1, -0.05) is 11.6 Å². The Hall–Kier alpha value is -2.54. The lowest BCUT2D eigenvalue weighted by Crippen LogP contribution is -2.52. The Morgan fingerprint density at radius 2 is 1.79 bits per heavy atom. The summed E-state index contributed by atoms with van der Waals surface area (Å²) in [6.07, 6.45) is 0.873. The molecule has 0 N–H and O–H groups in total. The topological polar surface area (TPSA) is 46.6 Å². The number of Topliss-reactive ketones (excluding diaryl/α,β-unsaturated/α-hetero) is 1. The number of hydrogen-bond acceptors (Lipinski definition) is 3. The molecule has 146 valence electrons. The van der Waals surface area contributed by atoms with Crippen LogP contribution >= 0.6 is 11.6 Å². The van der Waals surface area contributed by atoms with Gasteiger partial charge in [-0.05, 0) is 30.3 Å². The number of amides is 1. The van der Waals surface area contributed by atoms with Gasteiger partial charge in [-0.3, -0.25) is 9.59 Å². The summed E-state index contributed by atoms with van der Waals surface area (Å²) in [6.45, 7) is 0.404. The number of ketones is 1. The number of hydrogen-bond donors (Lipinski definition) is 0. The summed E-state index contributed by atoms with van der Waals surface area (Å²) in [5.41, 5.74) is -0.836. The van der Waals surface area contributed by atoms with Crippen molar-refractivity contribution >= 4 is 23.3 Å². The molecule has 0 aromatic heterocycles. The van der Waals surface area contributed by atoms with Crippen LogP contribution in [0.25, 0.3) is 0 Å². The molecule has 0 saturated carbocycles. The summed E-state index contributed by atoms with van der Waals surface area (Å²) in [5, 5.41) is 0.445. The second kappa shape index (κ2) is 6.81. The number of piperidine rings is 1. The van der Waals surface area contributed by atoms with Crippen molar-refractivity contribution in [2.24, 2.45) is 0 Å². The van der Waals surface area contributed by atoms with E-state index in [1.165, 1.54) is 4.90 Å². The molecule has 2 aliphatic heterocycles. The van der Waals surface area contributed by atoms with Gasteiger partial charge in [0.2, 0.25) is 0 Å². The quantitative estimate of drug-likeness (QED) is 0.656. The molecule has 1 fully saturated rings. The minimum atomic E-state index is -1.67. The van der Waals surface area contributed by atoms with Gasteiger partial charge < -0.3 is 9.64 Å². The molecule has 0 bridgehead atoms. The second-order valence-corrected chi connectivity index (χ2v) is 7.48. The zero-order valence-electron chi connectivity index (χ0n) is 14.6. The van der Waals surface area contributed by atoms with Gasteiger partial charge in [-0.15, -0.1) is 0 Å². The lowest BCUT2D eigenvalue weighted by atomic mass is 9.82. The van der Waals surface area contributed by atoms with Gasteiger partial charge in [0.25, 0.3) is 5.91 Å². The maximum atomic E-state index is 13.9. The highest BCUT2D eigenvalue weighted by atomic mass is 35.5. The minimum absolute atomic E-state index is 0.0878. The van der Waals surface area contributed by atoms with E-state index in [0.717, 1.165) is 12.1 Å². The number of halogens is 4. The second-order valence-electron chi connectivity index (χ2n) is 7.04. The first-order valence-corrected chi connectivity index (χ1v) is 9.12. The van der Waals surface area contributed by atoms with Gasteiger partial charge in [0, 0.05) is 31.0 Å². The molecule has 0 aliphatic carbocycles. The largest absolute Gasteiger partial charge is 0.486 e. The number of benzene rings is 2. The molecule has 4 rings (SSSR count). The average Bonchev–Trinajstić information content (AvgIpc) is 2.67. The molecule has 4 nitrogen and oxygen atoms in total. The van der Waals surface area contributed by atoms with Crippen molar-refractivity contribution in [1.29, 1.82) is 0 Å². The van der Waals surface area contributed by atoms with Crippen LogP contribution in [0, 0.1) is 17.5 Å². The number of ether oxygens (including phenoxy) is 1. The lowest BCUT2D eigenvalue weighted by Gasteiger charge is -2.44. The van der Waals surface area contributed by atoms with Gasteiger partial charge in [-0.25, -0.2) is 13.2 Å². The summed E-state index contributed by atoms with van der Waals surface area (Å²) in [7, 11) is 0. The van der Waals surface area contributed by atoms with E-state index >= 15 is 0 Å². The van der Waals surface area contributed by atoms with Crippen LogP contribution in [0.2, 0.25) is 5.02 Å². The van der Waals surface area contributed by atoms with Crippen LogP contribution in [0.15, 0.2) is 30.3 Å². The Balaban J connectivity index is 1.51. The van der Waals surface area contributed by atoms with E-state index in [2.05, 4.69) is 0 Å². The van der Waals surface area contributed by atoms with Gasteiger partial charge in [-0.2, -0.15) is 0 Å². The summed E-state index contributed by atoms with van der Waals surface area (Å²) in [5.74, 6) is -4.88. The molecule has 0 atom stereocenters. The van der Waals surface area contributed by atoms with Crippen molar-refractivity contribution in [1.82, 2.24) is 4.90 Å². The maximum Gasteiger partial charge on any atom is 0.256 e. The van der Waals surface area contributed by atoms with Crippen molar-refractivity contribution in [2.45, 2.75) is 24.9 Å². The fourth-order valence-electron chi connectivity index (χ4n) is 3.72. The monoisotopic (exact) mass is 409 g/mol. The first kappa shape index (κ1) is 18.8. The zero-order valence-corrected chi connectivity index (χ0v) is 15.4. The Kier molecular flexibility index (Phi) is 4.57. The maximum absolute atomic E-state index is 13.9. The van der Waals surface area contributed by atoms with Crippen LogP contribution in [0.4, 0.5) is 13.2 Å². The summed E-state index contributed by atoms with van der Waals surface area (Å²) in [4.78, 5) is 26.4. The normalized spacial score (nSPS) is 18.0. The molecule has 1 amide bonds. The van der Waals surface area contributed by atoms with Crippen LogP contribution in [0.5, 0.6) is 5.75 Å². The number of carbonyl (C=O) groups is 2. The van der Waals surface area contributed by atoms with Crippen LogP contribution in [0.3, 0.4) is 0 Å². The summed E-state index contributed by atoms with van der Waals surface area (Å²) < 4.78 is 46.5. The Morgan fingerprint density at radius 3 is 2.50 bits per heavy atom. The fraction of sp³-hybridized carbons (Fsp3) is 0.300. The van der Waals surface area contributed by atoms with Gasteiger partial charge in [0.15, 0.2) is 23.2 Å². The highest BCUT2D eigenvalue weighted by Gasteiger charge is 2.44. The first-order chi connectivity index (χ1) is 13.3. The van der Waals surface area contributed by atoms with Crippen molar-refractivity contribution in [3.05, 3.63) is 63.9 Å². The number of nitrogens with zero attached hydrogens (tertiary/aromatic N) is 1. The van der Waals surface area contributed by atoms with Crippen LogP contribution in [-0.2, 0) is 0 Å². The van der Waals surface area contributed by atoms with E-state index < -0.39 is 34.5 Å². The average molecular weight is 410 g/mol. The molecule has 2 heterocycles. The number of fused-ring (bicyclic) bond motifs is 1. The molecular formula is C20H15ClF3NO3. The predicted molar refractivity (Wildman–Crippen MR) is 95.2 cm³/mol. The standard InChI is InChI=1S/C20H15ClF3NO3/c21-11-1-4-16-13(9-11)15(26)10-20(28-16)5-7-25(8-6-20)19(27)12-2-3-14(22)18(24)17(12)23/h1-4,9H,5-8,10H2. The molecule has 0 radical (unpaired) electrons. The van der Waals surface area contributed by atoms with E-state index in [9.17, 15) is 22.8 Å². The molecule has 1 spiro atoms. The van der Waals surface area contributed by atoms with Gasteiger partial charge >= 0.3 is 0 Å². The smallest absolute Gasteiger partial charge is 0.256 e.